The molecular formula is C16H25IN4O2. The fourth-order valence-corrected chi connectivity index (χ4v) is 2.49. The van der Waals surface area contributed by atoms with Crippen molar-refractivity contribution in [3.63, 3.8) is 0 Å². The van der Waals surface area contributed by atoms with E-state index in [9.17, 15) is 4.79 Å². The number of anilines is 1. The molecule has 6 nitrogen and oxygen atoms in total. The molecule has 1 saturated heterocycles. The Hall–Kier alpha value is -1.35. The van der Waals surface area contributed by atoms with Gasteiger partial charge in [-0.2, -0.15) is 0 Å². The number of carbonyl (C=O) groups is 1. The number of nitrogens with zero attached hydrogens (tertiary/aromatic N) is 1. The molecule has 1 aromatic carbocycles. The number of aliphatic imine (C=N–C) groups is 1. The predicted octanol–water partition coefficient (Wildman–Crippen LogP) is 1.93. The number of halogens is 1. The summed E-state index contributed by atoms with van der Waals surface area (Å²) in [5, 5.41) is 3.05. The van der Waals surface area contributed by atoms with Gasteiger partial charge >= 0.3 is 0 Å². The molecule has 2 rings (SSSR count). The quantitative estimate of drug-likeness (QED) is 0.384. The molecule has 23 heavy (non-hydrogen) atoms. The summed E-state index contributed by atoms with van der Waals surface area (Å²) in [6.07, 6.45) is 1.17. The number of hydrogen-bond acceptors (Lipinski definition) is 3. The summed E-state index contributed by atoms with van der Waals surface area (Å²) in [6.45, 7) is 5.44. The number of rotatable bonds is 4. The van der Waals surface area contributed by atoms with Crippen LogP contribution >= 0.6 is 24.0 Å². The molecule has 1 amide bonds. The van der Waals surface area contributed by atoms with Gasteiger partial charge < -0.3 is 21.5 Å². The largest absolute Gasteiger partial charge is 0.381 e. The van der Waals surface area contributed by atoms with Crippen LogP contribution in [-0.2, 0) is 9.53 Å². The minimum absolute atomic E-state index is 0. The van der Waals surface area contributed by atoms with Crippen LogP contribution in [-0.4, -0.2) is 31.6 Å². The van der Waals surface area contributed by atoms with Crippen LogP contribution in [0.2, 0.25) is 0 Å². The van der Waals surface area contributed by atoms with Crippen molar-refractivity contribution in [3.8, 4) is 0 Å². The topological polar surface area (TPSA) is 103 Å². The SMILES string of the molecule is Cc1ccc(NC(N)=NCC2(C(N)=O)CCOCC2)cc1C.I. The molecule has 0 bridgehead atoms. The number of carbonyl (C=O) groups excluding carboxylic acids is 1. The van der Waals surface area contributed by atoms with E-state index in [-0.39, 0.29) is 42.4 Å². The Morgan fingerprint density at radius 3 is 2.48 bits per heavy atom. The highest BCUT2D eigenvalue weighted by Crippen LogP contribution is 2.30. The molecule has 7 heteroatoms. The first kappa shape index (κ1) is 19.7. The first-order valence-electron chi connectivity index (χ1n) is 7.45. The minimum Gasteiger partial charge on any atom is -0.381 e. The van der Waals surface area contributed by atoms with Crippen molar-refractivity contribution >= 4 is 41.5 Å². The molecule has 1 heterocycles. The number of amides is 1. The van der Waals surface area contributed by atoms with E-state index in [1.54, 1.807) is 0 Å². The molecule has 0 aliphatic carbocycles. The van der Waals surface area contributed by atoms with Gasteiger partial charge in [-0.05, 0) is 49.9 Å². The lowest BCUT2D eigenvalue weighted by atomic mass is 9.79. The van der Waals surface area contributed by atoms with Gasteiger partial charge in [-0.1, -0.05) is 6.07 Å². The van der Waals surface area contributed by atoms with Crippen molar-refractivity contribution in [1.82, 2.24) is 0 Å². The molecule has 1 aliphatic heterocycles. The molecule has 1 fully saturated rings. The molecule has 1 aromatic rings. The van der Waals surface area contributed by atoms with Crippen molar-refractivity contribution in [3.05, 3.63) is 29.3 Å². The van der Waals surface area contributed by atoms with E-state index in [4.69, 9.17) is 16.2 Å². The van der Waals surface area contributed by atoms with Gasteiger partial charge in [0.05, 0.1) is 12.0 Å². The van der Waals surface area contributed by atoms with Crippen LogP contribution in [0, 0.1) is 19.3 Å². The zero-order valence-electron chi connectivity index (χ0n) is 13.6. The number of nitrogens with two attached hydrogens (primary N) is 2. The number of ether oxygens (including phenoxy) is 1. The second-order valence-electron chi connectivity index (χ2n) is 5.88. The monoisotopic (exact) mass is 432 g/mol. The van der Waals surface area contributed by atoms with Gasteiger partial charge in [-0.3, -0.25) is 9.79 Å². The third-order valence-corrected chi connectivity index (χ3v) is 4.30. The van der Waals surface area contributed by atoms with Gasteiger partial charge in [0.15, 0.2) is 5.96 Å². The molecule has 1 aliphatic rings. The van der Waals surface area contributed by atoms with Gasteiger partial charge in [0.25, 0.3) is 0 Å². The van der Waals surface area contributed by atoms with E-state index >= 15 is 0 Å². The summed E-state index contributed by atoms with van der Waals surface area (Å²) in [5.41, 5.74) is 14.1. The fraction of sp³-hybridized carbons (Fsp3) is 0.500. The molecule has 0 spiro atoms. The van der Waals surface area contributed by atoms with Gasteiger partial charge in [-0.15, -0.1) is 24.0 Å². The first-order chi connectivity index (χ1) is 10.4. The van der Waals surface area contributed by atoms with Gasteiger partial charge in [0, 0.05) is 18.9 Å². The zero-order chi connectivity index (χ0) is 16.2. The number of aryl methyl sites for hydroxylation is 2. The van der Waals surface area contributed by atoms with Crippen LogP contribution in [0.4, 0.5) is 5.69 Å². The predicted molar refractivity (Wildman–Crippen MR) is 103 cm³/mol. The van der Waals surface area contributed by atoms with E-state index in [2.05, 4.69) is 17.2 Å². The van der Waals surface area contributed by atoms with Crippen molar-refractivity contribution < 1.29 is 9.53 Å². The molecule has 0 saturated carbocycles. The smallest absolute Gasteiger partial charge is 0.225 e. The normalized spacial score (nSPS) is 17.2. The molecule has 128 valence electrons. The number of guanidine groups is 1. The number of hydrogen-bond donors (Lipinski definition) is 3. The van der Waals surface area contributed by atoms with Crippen LogP contribution in [0.5, 0.6) is 0 Å². The Morgan fingerprint density at radius 1 is 1.26 bits per heavy atom. The zero-order valence-corrected chi connectivity index (χ0v) is 15.9. The Bertz CT molecular complexity index is 583. The van der Waals surface area contributed by atoms with E-state index in [1.165, 1.54) is 11.1 Å². The van der Waals surface area contributed by atoms with Crippen LogP contribution in [0.15, 0.2) is 23.2 Å². The lowest BCUT2D eigenvalue weighted by Crippen LogP contribution is -2.44. The highest BCUT2D eigenvalue weighted by atomic mass is 127. The van der Waals surface area contributed by atoms with Gasteiger partial charge in [-0.25, -0.2) is 0 Å². The van der Waals surface area contributed by atoms with Crippen LogP contribution in [0.3, 0.4) is 0 Å². The van der Waals surface area contributed by atoms with Crippen LogP contribution in [0.25, 0.3) is 0 Å². The third kappa shape index (κ3) is 5.07. The van der Waals surface area contributed by atoms with Crippen molar-refractivity contribution in [1.29, 1.82) is 0 Å². The Morgan fingerprint density at radius 2 is 1.91 bits per heavy atom. The first-order valence-corrected chi connectivity index (χ1v) is 7.45. The van der Waals surface area contributed by atoms with Crippen LogP contribution in [0.1, 0.15) is 24.0 Å². The third-order valence-electron chi connectivity index (χ3n) is 4.30. The summed E-state index contributed by atoms with van der Waals surface area (Å²) in [7, 11) is 0. The molecular weight excluding hydrogens is 407 g/mol. The van der Waals surface area contributed by atoms with Crippen LogP contribution < -0.4 is 16.8 Å². The summed E-state index contributed by atoms with van der Waals surface area (Å²) in [4.78, 5) is 16.1. The van der Waals surface area contributed by atoms with Crippen molar-refractivity contribution in [2.24, 2.45) is 21.9 Å². The molecule has 0 atom stereocenters. The van der Waals surface area contributed by atoms with Crippen molar-refractivity contribution in [2.45, 2.75) is 26.7 Å². The lowest BCUT2D eigenvalue weighted by molar-refractivity contribution is -0.132. The summed E-state index contributed by atoms with van der Waals surface area (Å²) < 4.78 is 5.30. The van der Waals surface area contributed by atoms with Gasteiger partial charge in [0.2, 0.25) is 5.91 Å². The molecule has 0 aromatic heterocycles. The number of nitrogens with one attached hydrogen (secondary N) is 1. The Labute approximate surface area is 154 Å². The van der Waals surface area contributed by atoms with E-state index < -0.39 is 5.41 Å². The summed E-state index contributed by atoms with van der Waals surface area (Å²) in [5.74, 6) is -0.0473. The van der Waals surface area contributed by atoms with E-state index in [1.807, 2.05) is 25.1 Å². The average molecular weight is 432 g/mol. The molecule has 0 unspecified atom stereocenters. The number of primary amides is 1. The number of benzene rings is 1. The van der Waals surface area contributed by atoms with Gasteiger partial charge in [0.1, 0.15) is 0 Å². The maximum absolute atomic E-state index is 11.8. The Kier molecular flexibility index (Phi) is 7.27. The summed E-state index contributed by atoms with van der Waals surface area (Å²) in [6, 6.07) is 5.98. The highest BCUT2D eigenvalue weighted by molar-refractivity contribution is 14.0. The molecule has 0 radical (unpaired) electrons. The fourth-order valence-electron chi connectivity index (χ4n) is 2.49. The Balaban J connectivity index is 0.00000264. The van der Waals surface area contributed by atoms with E-state index in [0.717, 1.165) is 5.69 Å². The van der Waals surface area contributed by atoms with Crippen molar-refractivity contribution in [2.75, 3.05) is 25.1 Å². The lowest BCUT2D eigenvalue weighted by Gasteiger charge is -2.32. The standard InChI is InChI=1S/C16H24N4O2.HI/c1-11-3-4-13(9-12(11)2)20-15(18)19-10-16(14(17)21)5-7-22-8-6-16;/h3-4,9H,5-8,10H2,1-2H3,(H2,17,21)(H3,18,19,20);1H. The maximum Gasteiger partial charge on any atom is 0.225 e. The second-order valence-corrected chi connectivity index (χ2v) is 5.88. The van der Waals surface area contributed by atoms with E-state index in [0.29, 0.717) is 26.1 Å². The average Bonchev–Trinajstić information content (AvgIpc) is 2.50. The second kappa shape index (κ2) is 8.49. The molecule has 5 N–H and O–H groups in total. The minimum atomic E-state index is -0.645. The maximum atomic E-state index is 11.8. The highest BCUT2D eigenvalue weighted by Gasteiger charge is 2.38. The summed E-state index contributed by atoms with van der Waals surface area (Å²) >= 11 is 0.